The maximum absolute atomic E-state index is 9.58. The fourth-order valence-corrected chi connectivity index (χ4v) is 2.89. The zero-order valence-corrected chi connectivity index (χ0v) is 9.85. The van der Waals surface area contributed by atoms with Gasteiger partial charge in [0.2, 0.25) is 0 Å². The van der Waals surface area contributed by atoms with Gasteiger partial charge in [0.25, 0.3) is 0 Å². The van der Waals surface area contributed by atoms with Crippen molar-refractivity contribution in [3.63, 3.8) is 0 Å². The molecule has 0 fully saturated rings. The average molecular weight is 232 g/mol. The normalized spacial score (nSPS) is 14.2. The Morgan fingerprint density at radius 1 is 0.944 bits per heavy atom. The van der Waals surface area contributed by atoms with Crippen LogP contribution in [0.25, 0.3) is 12.2 Å². The smallest absolute Gasteiger partial charge is 0.116 e. The predicted molar refractivity (Wildman–Crippen MR) is 72.3 cm³/mol. The molecular formula is C17H12O. The van der Waals surface area contributed by atoms with Gasteiger partial charge in [-0.15, -0.1) is 0 Å². The molecule has 2 aromatic carbocycles. The topological polar surface area (TPSA) is 20.2 Å². The number of rotatable bonds is 0. The van der Waals surface area contributed by atoms with Gasteiger partial charge in [0.1, 0.15) is 5.75 Å². The lowest BCUT2D eigenvalue weighted by atomic mass is 9.97. The first-order chi connectivity index (χ1) is 8.83. The highest BCUT2D eigenvalue weighted by Gasteiger charge is 2.09. The Labute approximate surface area is 104 Å². The third-order valence-corrected chi connectivity index (χ3v) is 3.75. The van der Waals surface area contributed by atoms with E-state index in [0.717, 1.165) is 11.6 Å². The van der Waals surface area contributed by atoms with Crippen molar-refractivity contribution in [3.8, 4) is 5.75 Å². The molecule has 2 aromatic rings. The van der Waals surface area contributed by atoms with E-state index in [0.29, 0.717) is 5.75 Å². The zero-order chi connectivity index (χ0) is 12.1. The number of allylic oxidation sites excluding steroid dienone is 2. The number of fused-ring (bicyclic) bond motifs is 4. The van der Waals surface area contributed by atoms with Crippen molar-refractivity contribution in [3.05, 3.63) is 74.5 Å². The molecule has 0 bridgehead atoms. The van der Waals surface area contributed by atoms with Crippen molar-refractivity contribution in [2.24, 2.45) is 0 Å². The van der Waals surface area contributed by atoms with Crippen LogP contribution in [0.1, 0.15) is 11.1 Å². The lowest BCUT2D eigenvalue weighted by Gasteiger charge is -2.07. The van der Waals surface area contributed by atoms with Crippen LogP contribution >= 0.6 is 0 Å². The van der Waals surface area contributed by atoms with E-state index in [1.54, 1.807) is 6.07 Å². The number of hydrogen-bond acceptors (Lipinski definition) is 1. The third kappa shape index (κ3) is 1.22. The van der Waals surface area contributed by atoms with Crippen LogP contribution < -0.4 is 10.4 Å². The van der Waals surface area contributed by atoms with Gasteiger partial charge in [0.15, 0.2) is 0 Å². The van der Waals surface area contributed by atoms with Crippen LogP contribution in [0.4, 0.5) is 0 Å². The monoisotopic (exact) mass is 232 g/mol. The van der Waals surface area contributed by atoms with Gasteiger partial charge in [0, 0.05) is 0 Å². The molecule has 0 saturated carbocycles. The molecule has 0 radical (unpaired) electrons. The number of aromatic hydroxyl groups is 1. The molecule has 0 aliphatic heterocycles. The maximum atomic E-state index is 9.58. The summed E-state index contributed by atoms with van der Waals surface area (Å²) in [4.78, 5) is 0. The van der Waals surface area contributed by atoms with Gasteiger partial charge in [-0.3, -0.25) is 0 Å². The summed E-state index contributed by atoms with van der Waals surface area (Å²) >= 11 is 0. The fourth-order valence-electron chi connectivity index (χ4n) is 2.89. The van der Waals surface area contributed by atoms with Crippen molar-refractivity contribution in [1.29, 1.82) is 0 Å². The first kappa shape index (κ1) is 9.72. The predicted octanol–water partition coefficient (Wildman–Crippen LogP) is 1.71. The lowest BCUT2D eigenvalue weighted by Crippen LogP contribution is -2.12. The number of phenols is 1. The van der Waals surface area contributed by atoms with E-state index >= 15 is 0 Å². The second-order valence-electron chi connectivity index (χ2n) is 4.81. The van der Waals surface area contributed by atoms with Crippen molar-refractivity contribution in [1.82, 2.24) is 0 Å². The lowest BCUT2D eigenvalue weighted by molar-refractivity contribution is 0.474. The Kier molecular flexibility index (Phi) is 1.81. The molecule has 0 spiro atoms. The summed E-state index contributed by atoms with van der Waals surface area (Å²) in [6.45, 7) is 0. The van der Waals surface area contributed by atoms with Gasteiger partial charge in [0.05, 0.1) is 0 Å². The second-order valence-corrected chi connectivity index (χ2v) is 4.81. The van der Waals surface area contributed by atoms with E-state index in [4.69, 9.17) is 0 Å². The molecule has 0 unspecified atom stereocenters. The molecule has 18 heavy (non-hydrogen) atoms. The highest BCUT2D eigenvalue weighted by atomic mass is 16.3. The quantitative estimate of drug-likeness (QED) is 0.625. The van der Waals surface area contributed by atoms with E-state index in [9.17, 15) is 5.11 Å². The summed E-state index contributed by atoms with van der Waals surface area (Å²) in [7, 11) is 0. The van der Waals surface area contributed by atoms with E-state index in [2.05, 4.69) is 36.4 Å². The van der Waals surface area contributed by atoms with Crippen LogP contribution in [0.15, 0.2) is 42.5 Å². The molecule has 4 rings (SSSR count). The summed E-state index contributed by atoms with van der Waals surface area (Å²) < 4.78 is 0. The maximum Gasteiger partial charge on any atom is 0.116 e. The van der Waals surface area contributed by atoms with Gasteiger partial charge in [-0.25, -0.2) is 0 Å². The first-order valence-corrected chi connectivity index (χ1v) is 6.17. The summed E-state index contributed by atoms with van der Waals surface area (Å²) in [5.74, 6) is 0.332. The van der Waals surface area contributed by atoms with E-state index < -0.39 is 0 Å². The standard InChI is InChI=1S/C17H12O/c18-13-6-8-15-12(9-13)10-17-14-4-2-1-3-11(14)5-7-16(15)17/h1-3,5-10,18H,4H2. The average Bonchev–Trinajstić information content (AvgIpc) is 2.76. The molecule has 2 aliphatic carbocycles. The van der Waals surface area contributed by atoms with Gasteiger partial charge in [-0.1, -0.05) is 36.4 Å². The Morgan fingerprint density at radius 2 is 1.83 bits per heavy atom. The van der Waals surface area contributed by atoms with Gasteiger partial charge in [-0.05, 0) is 56.6 Å². The highest BCUT2D eigenvalue weighted by molar-refractivity contribution is 5.63. The van der Waals surface area contributed by atoms with E-state index in [1.165, 1.54) is 26.8 Å². The van der Waals surface area contributed by atoms with Crippen molar-refractivity contribution in [2.45, 2.75) is 6.42 Å². The van der Waals surface area contributed by atoms with Crippen molar-refractivity contribution >= 4 is 12.2 Å². The Morgan fingerprint density at radius 3 is 2.78 bits per heavy atom. The molecule has 1 nitrogen and oxygen atoms in total. The third-order valence-electron chi connectivity index (χ3n) is 3.75. The van der Waals surface area contributed by atoms with Gasteiger partial charge in [-0.2, -0.15) is 0 Å². The molecule has 1 heteroatoms. The highest BCUT2D eigenvalue weighted by Crippen LogP contribution is 2.16. The zero-order valence-electron chi connectivity index (χ0n) is 9.85. The van der Waals surface area contributed by atoms with E-state index in [1.807, 2.05) is 12.1 Å². The molecule has 86 valence electrons. The molecule has 1 N–H and O–H groups in total. The van der Waals surface area contributed by atoms with Gasteiger partial charge >= 0.3 is 0 Å². The number of phenolic OH excluding ortho intramolecular Hbond substituents is 1. The van der Waals surface area contributed by atoms with E-state index in [-0.39, 0.29) is 0 Å². The van der Waals surface area contributed by atoms with Crippen molar-refractivity contribution in [2.75, 3.05) is 0 Å². The van der Waals surface area contributed by atoms with Crippen LogP contribution in [-0.2, 0) is 6.42 Å². The Bertz CT molecular complexity index is 902. The molecule has 0 aromatic heterocycles. The first-order valence-electron chi connectivity index (χ1n) is 6.17. The minimum absolute atomic E-state index is 0.332. The van der Waals surface area contributed by atoms with Crippen LogP contribution in [0.5, 0.6) is 5.75 Å². The van der Waals surface area contributed by atoms with Crippen molar-refractivity contribution < 1.29 is 5.11 Å². The summed E-state index contributed by atoms with van der Waals surface area (Å²) in [6.07, 6.45) is 9.65. The minimum Gasteiger partial charge on any atom is -0.508 e. The fraction of sp³-hybridized carbons (Fsp3) is 0.0588. The number of benzene rings is 2. The molecule has 0 heterocycles. The van der Waals surface area contributed by atoms with Crippen LogP contribution in [0.3, 0.4) is 0 Å². The molecular weight excluding hydrogens is 220 g/mol. The second kappa shape index (κ2) is 3.36. The largest absolute Gasteiger partial charge is 0.508 e. The van der Waals surface area contributed by atoms with Crippen LogP contribution in [0, 0.1) is 10.4 Å². The molecule has 2 aliphatic rings. The minimum atomic E-state index is 0.332. The summed E-state index contributed by atoms with van der Waals surface area (Å²) in [5.41, 5.74) is 2.71. The van der Waals surface area contributed by atoms with Gasteiger partial charge < -0.3 is 5.11 Å². The Balaban J connectivity index is 2.22. The summed E-state index contributed by atoms with van der Waals surface area (Å²) in [6, 6.07) is 9.97. The summed E-state index contributed by atoms with van der Waals surface area (Å²) in [5, 5.41) is 14.5. The van der Waals surface area contributed by atoms with Crippen LogP contribution in [0.2, 0.25) is 0 Å². The Hall–Kier alpha value is -2.28. The van der Waals surface area contributed by atoms with Crippen LogP contribution in [-0.4, -0.2) is 5.11 Å². The molecule has 0 atom stereocenters. The SMILES string of the molecule is Oc1ccc2c(c1)=Cc1c3c(ccc1=2)=CC=CC3. The molecule has 0 saturated heterocycles. The molecule has 0 amide bonds. The number of hydrogen-bond donors (Lipinski definition) is 1.